The van der Waals surface area contributed by atoms with Gasteiger partial charge in [-0.05, 0) is 77.2 Å². The van der Waals surface area contributed by atoms with Crippen LogP contribution in [0.4, 0.5) is 4.79 Å². The number of aryl methyl sites for hydroxylation is 1. The maximum atomic E-state index is 12.7. The number of nitrogens with zero attached hydrogens (tertiary/aromatic N) is 1. The molecule has 1 fully saturated rings. The molecule has 0 bridgehead atoms. The number of benzene rings is 2. The molecular formula is C21H20INO5S. The number of amides is 2. The van der Waals surface area contributed by atoms with Gasteiger partial charge < -0.3 is 14.2 Å². The Balaban J connectivity index is 1.69. The zero-order valence-corrected chi connectivity index (χ0v) is 19.2. The van der Waals surface area contributed by atoms with Crippen molar-refractivity contribution in [3.8, 4) is 17.2 Å². The van der Waals surface area contributed by atoms with Crippen LogP contribution in [-0.2, 0) is 4.79 Å². The van der Waals surface area contributed by atoms with Gasteiger partial charge in [0.15, 0.2) is 11.5 Å². The van der Waals surface area contributed by atoms with Gasteiger partial charge >= 0.3 is 0 Å². The monoisotopic (exact) mass is 525 g/mol. The highest BCUT2D eigenvalue weighted by Crippen LogP contribution is 2.37. The van der Waals surface area contributed by atoms with Gasteiger partial charge in [0.05, 0.1) is 29.2 Å². The van der Waals surface area contributed by atoms with Crippen LogP contribution in [0.5, 0.6) is 17.2 Å². The van der Waals surface area contributed by atoms with Crippen LogP contribution in [0.25, 0.3) is 6.08 Å². The van der Waals surface area contributed by atoms with Gasteiger partial charge in [-0.1, -0.05) is 17.7 Å². The van der Waals surface area contributed by atoms with E-state index in [0.29, 0.717) is 22.2 Å². The molecule has 152 valence electrons. The molecule has 0 atom stereocenters. The normalized spacial score (nSPS) is 15.2. The Bertz CT molecular complexity index is 958. The van der Waals surface area contributed by atoms with E-state index in [1.165, 1.54) is 4.90 Å². The first kappa shape index (κ1) is 21.5. The minimum absolute atomic E-state index is 0.194. The van der Waals surface area contributed by atoms with E-state index in [2.05, 4.69) is 22.6 Å². The number of rotatable bonds is 7. The predicted molar refractivity (Wildman–Crippen MR) is 122 cm³/mol. The Hall–Kier alpha value is -2.20. The van der Waals surface area contributed by atoms with Crippen LogP contribution in [-0.4, -0.2) is 43.4 Å². The Morgan fingerprint density at radius 3 is 2.48 bits per heavy atom. The summed E-state index contributed by atoms with van der Waals surface area (Å²) in [7, 11) is 3.13. The predicted octanol–water partition coefficient (Wildman–Crippen LogP) is 4.73. The number of hydrogen-bond acceptors (Lipinski definition) is 6. The fourth-order valence-corrected chi connectivity index (χ4v) is 4.47. The van der Waals surface area contributed by atoms with E-state index in [0.717, 1.165) is 26.5 Å². The van der Waals surface area contributed by atoms with Gasteiger partial charge in [-0.3, -0.25) is 14.5 Å². The summed E-state index contributed by atoms with van der Waals surface area (Å²) in [6.45, 7) is 2.43. The number of carbonyl (C=O) groups excluding carboxylic acids is 2. The molecule has 8 heteroatoms. The molecule has 0 N–H and O–H groups in total. The number of ether oxygens (including phenoxy) is 3. The highest BCUT2D eigenvalue weighted by molar-refractivity contribution is 14.1. The number of carbonyl (C=O) groups is 2. The average molecular weight is 525 g/mol. The van der Waals surface area contributed by atoms with Crippen LogP contribution < -0.4 is 14.2 Å². The van der Waals surface area contributed by atoms with Gasteiger partial charge in [0.2, 0.25) is 0 Å². The van der Waals surface area contributed by atoms with E-state index < -0.39 is 0 Å². The molecule has 2 aromatic rings. The second-order valence-electron chi connectivity index (χ2n) is 6.23. The van der Waals surface area contributed by atoms with Crippen LogP contribution in [0.2, 0.25) is 0 Å². The van der Waals surface area contributed by atoms with Crippen LogP contribution in [0, 0.1) is 10.5 Å². The van der Waals surface area contributed by atoms with Crippen LogP contribution in [0.1, 0.15) is 11.1 Å². The van der Waals surface area contributed by atoms with Gasteiger partial charge in [0.1, 0.15) is 12.4 Å². The van der Waals surface area contributed by atoms with E-state index in [4.69, 9.17) is 14.2 Å². The summed E-state index contributed by atoms with van der Waals surface area (Å²) in [6.07, 6.45) is 1.69. The maximum absolute atomic E-state index is 12.7. The smallest absolute Gasteiger partial charge is 0.293 e. The molecule has 0 spiro atoms. The SMILES string of the molecule is COc1cc(/C=C2\SC(=O)N(CCOc3ccc(C)cc3)C2=O)cc(I)c1OC. The fraction of sp³-hybridized carbons (Fsp3) is 0.238. The minimum Gasteiger partial charge on any atom is -0.493 e. The molecule has 6 nitrogen and oxygen atoms in total. The lowest BCUT2D eigenvalue weighted by Crippen LogP contribution is -2.32. The molecule has 29 heavy (non-hydrogen) atoms. The molecule has 1 heterocycles. The standard InChI is InChI=1S/C21H20INO5S/c1-13-4-6-15(7-5-13)28-9-8-23-20(24)18(29-21(23)25)12-14-10-16(22)19(27-3)17(11-14)26-2/h4-7,10-12H,8-9H2,1-3H3/b18-12-. The summed E-state index contributed by atoms with van der Waals surface area (Å²) in [6, 6.07) is 11.3. The van der Waals surface area contributed by atoms with Crippen molar-refractivity contribution in [2.24, 2.45) is 0 Å². The van der Waals surface area contributed by atoms with Crippen LogP contribution in [0.3, 0.4) is 0 Å². The molecule has 1 aliphatic rings. The molecule has 0 aromatic heterocycles. The van der Waals surface area contributed by atoms with Crippen molar-refractivity contribution in [2.75, 3.05) is 27.4 Å². The summed E-state index contributed by atoms with van der Waals surface area (Å²) in [5, 5.41) is -0.302. The van der Waals surface area contributed by atoms with Gasteiger partial charge in [0.25, 0.3) is 11.1 Å². The number of thioether (sulfide) groups is 1. The zero-order valence-electron chi connectivity index (χ0n) is 16.2. The Morgan fingerprint density at radius 2 is 1.83 bits per heavy atom. The largest absolute Gasteiger partial charge is 0.493 e. The first-order valence-electron chi connectivity index (χ1n) is 8.79. The van der Waals surface area contributed by atoms with Crippen molar-refractivity contribution in [3.63, 3.8) is 0 Å². The summed E-state index contributed by atoms with van der Waals surface area (Å²) < 4.78 is 17.2. The molecule has 0 aliphatic carbocycles. The molecule has 1 aliphatic heterocycles. The van der Waals surface area contributed by atoms with Crippen molar-refractivity contribution >= 4 is 51.6 Å². The topological polar surface area (TPSA) is 65.1 Å². The van der Waals surface area contributed by atoms with Crippen molar-refractivity contribution in [3.05, 3.63) is 56.0 Å². The molecule has 2 aromatic carbocycles. The van der Waals surface area contributed by atoms with Crippen molar-refractivity contribution in [1.29, 1.82) is 0 Å². The van der Waals surface area contributed by atoms with Gasteiger partial charge in [-0.2, -0.15) is 0 Å². The Kier molecular flexibility index (Phi) is 7.07. The number of hydrogen-bond donors (Lipinski definition) is 0. The van der Waals surface area contributed by atoms with Crippen LogP contribution in [0.15, 0.2) is 41.3 Å². The lowest BCUT2D eigenvalue weighted by molar-refractivity contribution is -0.123. The van der Waals surface area contributed by atoms with Gasteiger partial charge in [-0.15, -0.1) is 0 Å². The summed E-state index contributed by atoms with van der Waals surface area (Å²) in [5.74, 6) is 1.58. The first-order valence-corrected chi connectivity index (χ1v) is 10.7. The van der Waals surface area contributed by atoms with Gasteiger partial charge in [0, 0.05) is 0 Å². The molecule has 0 saturated carbocycles. The van der Waals surface area contributed by atoms with Crippen molar-refractivity contribution in [1.82, 2.24) is 4.90 Å². The molecule has 0 radical (unpaired) electrons. The maximum Gasteiger partial charge on any atom is 0.293 e. The van der Waals surface area contributed by atoms with E-state index in [1.807, 2.05) is 37.3 Å². The molecule has 2 amide bonds. The van der Waals surface area contributed by atoms with Crippen molar-refractivity contribution in [2.45, 2.75) is 6.92 Å². The molecular weight excluding hydrogens is 505 g/mol. The van der Waals surface area contributed by atoms with E-state index >= 15 is 0 Å². The Labute approximate surface area is 187 Å². The van der Waals surface area contributed by atoms with Crippen LogP contribution >= 0.6 is 34.4 Å². The second-order valence-corrected chi connectivity index (χ2v) is 8.39. The number of methoxy groups -OCH3 is 2. The lowest BCUT2D eigenvalue weighted by Gasteiger charge is -2.13. The molecule has 0 unspecified atom stereocenters. The van der Waals surface area contributed by atoms with Crippen molar-refractivity contribution < 1.29 is 23.8 Å². The Morgan fingerprint density at radius 1 is 1.10 bits per heavy atom. The third-order valence-electron chi connectivity index (χ3n) is 4.23. The summed E-state index contributed by atoms with van der Waals surface area (Å²) in [4.78, 5) is 26.5. The second kappa shape index (κ2) is 9.53. The number of imide groups is 1. The average Bonchev–Trinajstić information content (AvgIpc) is 2.96. The lowest BCUT2D eigenvalue weighted by atomic mass is 10.2. The quantitative estimate of drug-likeness (QED) is 0.385. The van der Waals surface area contributed by atoms with Gasteiger partial charge in [-0.25, -0.2) is 0 Å². The summed E-state index contributed by atoms with van der Waals surface area (Å²) >= 11 is 3.06. The molecule has 1 saturated heterocycles. The van der Waals surface area contributed by atoms with E-state index in [9.17, 15) is 9.59 Å². The minimum atomic E-state index is -0.322. The number of halogens is 1. The summed E-state index contributed by atoms with van der Waals surface area (Å²) in [5.41, 5.74) is 1.90. The highest BCUT2D eigenvalue weighted by atomic mass is 127. The first-order chi connectivity index (χ1) is 13.9. The van der Waals surface area contributed by atoms with E-state index in [-0.39, 0.29) is 24.3 Å². The zero-order chi connectivity index (χ0) is 21.0. The highest BCUT2D eigenvalue weighted by Gasteiger charge is 2.34. The third kappa shape index (κ3) is 5.05. The van der Waals surface area contributed by atoms with E-state index in [1.54, 1.807) is 26.4 Å². The fourth-order valence-electron chi connectivity index (χ4n) is 2.75. The molecule has 3 rings (SSSR count). The third-order valence-corrected chi connectivity index (χ3v) is 5.94.